The number of hydrogen-bond donors (Lipinski definition) is 1. The van der Waals surface area contributed by atoms with E-state index in [4.69, 9.17) is 0 Å². The lowest BCUT2D eigenvalue weighted by atomic mass is 9.99. The Morgan fingerprint density at radius 1 is 1.14 bits per heavy atom. The average molecular weight is 506 g/mol. The number of benzene rings is 2. The van der Waals surface area contributed by atoms with Crippen LogP contribution in [0.3, 0.4) is 0 Å². The van der Waals surface area contributed by atoms with Gasteiger partial charge in [0.05, 0.1) is 17.1 Å². The van der Waals surface area contributed by atoms with Crippen LogP contribution in [0.1, 0.15) is 47.5 Å². The zero-order chi connectivity index (χ0) is 25.6. The fourth-order valence-electron chi connectivity index (χ4n) is 5.17. The Morgan fingerprint density at radius 2 is 1.89 bits per heavy atom. The number of nitrogens with zero attached hydrogens (tertiary/aromatic N) is 3. The summed E-state index contributed by atoms with van der Waals surface area (Å²) in [5.74, 6) is -0.0644. The van der Waals surface area contributed by atoms with Gasteiger partial charge in [0.1, 0.15) is 4.83 Å². The SMILES string of the molecule is CC(C)Cn1c(=O)n(C)c(=O)c2c(C(=O)N3CCC[C@@H](O)C3)c(Cc3cccc4ccccc34)sc21. The fourth-order valence-corrected chi connectivity index (χ4v) is 6.48. The first-order valence-corrected chi connectivity index (χ1v) is 13.3. The number of thiophene rings is 1. The Hall–Kier alpha value is -3.23. The maximum Gasteiger partial charge on any atom is 0.331 e. The molecular weight excluding hydrogens is 474 g/mol. The lowest BCUT2D eigenvalue weighted by Gasteiger charge is -2.30. The van der Waals surface area contributed by atoms with Crippen molar-refractivity contribution in [1.29, 1.82) is 0 Å². The summed E-state index contributed by atoms with van der Waals surface area (Å²) in [4.78, 5) is 43.5. The van der Waals surface area contributed by atoms with Crippen molar-refractivity contribution >= 4 is 38.2 Å². The molecule has 1 aliphatic rings. The Morgan fingerprint density at radius 3 is 2.64 bits per heavy atom. The molecule has 0 saturated carbocycles. The highest BCUT2D eigenvalue weighted by atomic mass is 32.1. The predicted molar refractivity (Wildman–Crippen MR) is 144 cm³/mol. The van der Waals surface area contributed by atoms with E-state index in [1.54, 1.807) is 9.47 Å². The summed E-state index contributed by atoms with van der Waals surface area (Å²) >= 11 is 1.37. The minimum atomic E-state index is -0.573. The second-order valence-corrected chi connectivity index (χ2v) is 11.2. The second kappa shape index (κ2) is 9.67. The topological polar surface area (TPSA) is 84.5 Å². The van der Waals surface area contributed by atoms with Gasteiger partial charge in [0.2, 0.25) is 0 Å². The minimum Gasteiger partial charge on any atom is -0.391 e. The quantitative estimate of drug-likeness (QED) is 0.448. The van der Waals surface area contributed by atoms with Gasteiger partial charge < -0.3 is 10.0 Å². The Kier molecular flexibility index (Phi) is 6.57. The summed E-state index contributed by atoms with van der Waals surface area (Å²) in [6.07, 6.45) is 1.27. The summed E-state index contributed by atoms with van der Waals surface area (Å²) < 4.78 is 2.75. The number of aliphatic hydroxyl groups excluding tert-OH is 1. The predicted octanol–water partition coefficient (Wildman–Crippen LogP) is 3.76. The van der Waals surface area contributed by atoms with Crippen LogP contribution < -0.4 is 11.2 Å². The van der Waals surface area contributed by atoms with Gasteiger partial charge in [-0.3, -0.25) is 18.7 Å². The number of aromatic nitrogens is 2. The lowest BCUT2D eigenvalue weighted by Crippen LogP contribution is -2.43. The molecule has 1 fully saturated rings. The van der Waals surface area contributed by atoms with Gasteiger partial charge in [-0.1, -0.05) is 56.3 Å². The molecule has 2 aromatic carbocycles. The van der Waals surface area contributed by atoms with Crippen LogP contribution in [0.2, 0.25) is 0 Å². The van der Waals surface area contributed by atoms with Crippen molar-refractivity contribution in [2.24, 2.45) is 13.0 Å². The molecule has 7 nitrogen and oxygen atoms in total. The summed E-state index contributed by atoms with van der Waals surface area (Å²) in [6.45, 7) is 5.28. The van der Waals surface area contributed by atoms with E-state index in [0.29, 0.717) is 48.1 Å². The molecule has 188 valence electrons. The molecule has 1 atom stereocenters. The standard InChI is InChI=1S/C28H31N3O4S/c1-17(2)15-31-27-24(25(33)29(3)28(31)35)23(26(34)30-13-7-11-20(32)16-30)22(36-27)14-19-10-6-9-18-8-4-5-12-21(18)19/h4-6,8-10,12,17,20,32H,7,11,13-16H2,1-3H3/t20-/m1/s1. The third kappa shape index (κ3) is 4.29. The summed E-state index contributed by atoms with van der Waals surface area (Å²) in [5.41, 5.74) is 0.611. The molecule has 0 spiro atoms. The zero-order valence-electron chi connectivity index (χ0n) is 20.9. The number of piperidine rings is 1. The van der Waals surface area contributed by atoms with E-state index in [2.05, 4.69) is 18.2 Å². The van der Waals surface area contributed by atoms with Gasteiger partial charge in [-0.2, -0.15) is 0 Å². The Balaban J connectivity index is 1.76. The first-order chi connectivity index (χ1) is 17.3. The van der Waals surface area contributed by atoms with Gasteiger partial charge in [-0.15, -0.1) is 11.3 Å². The van der Waals surface area contributed by atoms with Crippen molar-refractivity contribution in [2.45, 2.75) is 45.8 Å². The molecule has 0 aliphatic carbocycles. The Labute approximate surface area is 213 Å². The minimum absolute atomic E-state index is 0.184. The van der Waals surface area contributed by atoms with Crippen LogP contribution >= 0.6 is 11.3 Å². The molecule has 1 N–H and O–H groups in total. The monoisotopic (exact) mass is 505 g/mol. The van der Waals surface area contributed by atoms with Crippen molar-refractivity contribution in [3.8, 4) is 0 Å². The highest BCUT2D eigenvalue weighted by Gasteiger charge is 2.31. The second-order valence-electron chi connectivity index (χ2n) is 10.1. The van der Waals surface area contributed by atoms with E-state index in [0.717, 1.165) is 25.8 Å². The third-order valence-corrected chi connectivity index (χ3v) is 8.13. The highest BCUT2D eigenvalue weighted by Crippen LogP contribution is 2.34. The smallest absolute Gasteiger partial charge is 0.331 e. The largest absolute Gasteiger partial charge is 0.391 e. The van der Waals surface area contributed by atoms with Crippen LogP contribution in [0.5, 0.6) is 0 Å². The molecule has 4 aromatic rings. The summed E-state index contributed by atoms with van der Waals surface area (Å²) in [6, 6.07) is 14.2. The molecule has 1 saturated heterocycles. The first kappa shape index (κ1) is 24.5. The molecule has 36 heavy (non-hydrogen) atoms. The van der Waals surface area contributed by atoms with Crippen LogP contribution in [0.25, 0.3) is 21.0 Å². The molecule has 3 heterocycles. The molecule has 2 aromatic heterocycles. The van der Waals surface area contributed by atoms with E-state index < -0.39 is 11.7 Å². The fraction of sp³-hybridized carbons (Fsp3) is 0.393. The number of rotatable bonds is 5. The first-order valence-electron chi connectivity index (χ1n) is 12.5. The number of carbonyl (C=O) groups excluding carboxylic acids is 1. The van der Waals surface area contributed by atoms with Gasteiger partial charge in [-0.05, 0) is 35.1 Å². The lowest BCUT2D eigenvalue weighted by molar-refractivity contribution is 0.0475. The number of amides is 1. The molecule has 0 bridgehead atoms. The van der Waals surface area contributed by atoms with Crippen molar-refractivity contribution in [3.63, 3.8) is 0 Å². The number of likely N-dealkylation sites (tertiary alicyclic amines) is 1. The zero-order valence-corrected chi connectivity index (χ0v) is 21.7. The molecular formula is C28H31N3O4S. The van der Waals surface area contributed by atoms with Crippen LogP contribution in [-0.2, 0) is 20.0 Å². The van der Waals surface area contributed by atoms with Gasteiger partial charge in [0.25, 0.3) is 11.5 Å². The van der Waals surface area contributed by atoms with Gasteiger partial charge in [-0.25, -0.2) is 4.79 Å². The van der Waals surface area contributed by atoms with Crippen molar-refractivity contribution in [2.75, 3.05) is 13.1 Å². The molecule has 0 unspecified atom stereocenters. The number of hydrogen-bond acceptors (Lipinski definition) is 5. The van der Waals surface area contributed by atoms with E-state index in [1.165, 1.54) is 18.4 Å². The van der Waals surface area contributed by atoms with Gasteiger partial charge in [0.15, 0.2) is 0 Å². The van der Waals surface area contributed by atoms with Gasteiger partial charge >= 0.3 is 5.69 Å². The average Bonchev–Trinajstić information content (AvgIpc) is 3.24. The molecule has 0 radical (unpaired) electrons. The van der Waals surface area contributed by atoms with E-state index >= 15 is 0 Å². The number of carbonyl (C=O) groups is 1. The molecule has 8 heteroatoms. The molecule has 1 aliphatic heterocycles. The van der Waals surface area contributed by atoms with E-state index in [9.17, 15) is 19.5 Å². The van der Waals surface area contributed by atoms with Crippen LogP contribution in [0, 0.1) is 5.92 Å². The Bertz CT molecular complexity index is 1570. The van der Waals surface area contributed by atoms with Crippen LogP contribution in [0.15, 0.2) is 52.1 Å². The van der Waals surface area contributed by atoms with Crippen molar-refractivity contribution < 1.29 is 9.90 Å². The number of fused-ring (bicyclic) bond motifs is 2. The highest BCUT2D eigenvalue weighted by molar-refractivity contribution is 7.19. The van der Waals surface area contributed by atoms with E-state index in [1.807, 2.05) is 38.1 Å². The van der Waals surface area contributed by atoms with Crippen LogP contribution in [0.4, 0.5) is 0 Å². The van der Waals surface area contributed by atoms with Crippen LogP contribution in [-0.4, -0.2) is 44.2 Å². The number of β-amino-alcohol motifs (C(OH)–C–C–N with tert-alkyl or cyclic N) is 1. The number of aliphatic hydroxyl groups is 1. The third-order valence-electron chi connectivity index (χ3n) is 6.92. The van der Waals surface area contributed by atoms with Crippen molar-refractivity contribution in [3.05, 3.63) is 79.3 Å². The van der Waals surface area contributed by atoms with Crippen molar-refractivity contribution in [1.82, 2.24) is 14.0 Å². The molecule has 1 amide bonds. The summed E-state index contributed by atoms with van der Waals surface area (Å²) in [7, 11) is 1.47. The maximum absolute atomic E-state index is 14.0. The molecule has 5 rings (SSSR count). The maximum atomic E-state index is 14.0. The summed E-state index contributed by atoms with van der Waals surface area (Å²) in [5, 5.41) is 12.7. The normalized spacial score (nSPS) is 16.4. The van der Waals surface area contributed by atoms with E-state index in [-0.39, 0.29) is 24.1 Å². The van der Waals surface area contributed by atoms with Gasteiger partial charge in [0, 0.05) is 38.0 Å².